The van der Waals surface area contributed by atoms with Gasteiger partial charge >= 0.3 is 0 Å². The van der Waals surface area contributed by atoms with Gasteiger partial charge in [0.05, 0.1) is 23.3 Å². The Bertz CT molecular complexity index is 1480. The fraction of sp³-hybridized carbons (Fsp3) is 0.120. The van der Waals surface area contributed by atoms with Gasteiger partial charge in [0.2, 0.25) is 0 Å². The Morgan fingerprint density at radius 3 is 2.58 bits per heavy atom. The maximum Gasteiger partial charge on any atom is 0.258 e. The molecule has 0 fully saturated rings. The molecule has 164 valence electrons. The van der Waals surface area contributed by atoms with Crippen LogP contribution in [0.15, 0.2) is 88.8 Å². The summed E-state index contributed by atoms with van der Waals surface area (Å²) in [5.41, 5.74) is 2.35. The Labute approximate surface area is 194 Å². The van der Waals surface area contributed by atoms with Crippen LogP contribution in [0.25, 0.3) is 28.0 Å². The number of rotatable bonds is 6. The summed E-state index contributed by atoms with van der Waals surface area (Å²) in [6.45, 7) is 1.99. The first-order chi connectivity index (χ1) is 16.1. The van der Waals surface area contributed by atoms with Crippen LogP contribution >= 0.6 is 11.8 Å². The Hall–Kier alpha value is -3.91. The monoisotopic (exact) mass is 455 g/mol. The third-order valence-electron chi connectivity index (χ3n) is 5.27. The Morgan fingerprint density at radius 1 is 0.970 bits per heavy atom. The number of thioether (sulfide) groups is 1. The van der Waals surface area contributed by atoms with Gasteiger partial charge in [0.15, 0.2) is 11.0 Å². The highest BCUT2D eigenvalue weighted by Gasteiger charge is 2.21. The first kappa shape index (κ1) is 21.0. The van der Waals surface area contributed by atoms with Crippen molar-refractivity contribution in [2.24, 2.45) is 0 Å². The lowest BCUT2D eigenvalue weighted by Crippen LogP contribution is -2.13. The van der Waals surface area contributed by atoms with E-state index < -0.39 is 0 Å². The highest BCUT2D eigenvalue weighted by Crippen LogP contribution is 2.36. The molecule has 2 aromatic heterocycles. The molecule has 0 radical (unpaired) electrons. The number of aromatic amines is 1. The van der Waals surface area contributed by atoms with Crippen molar-refractivity contribution in [3.8, 4) is 22.8 Å². The molecule has 5 rings (SSSR count). The molecule has 0 saturated heterocycles. The summed E-state index contributed by atoms with van der Waals surface area (Å²) in [5.74, 6) is 2.04. The molecule has 0 spiro atoms. The number of benzene rings is 3. The molecule has 1 N–H and O–H groups in total. The molecule has 8 heteroatoms. The quantitative estimate of drug-likeness (QED) is 0.361. The first-order valence-electron chi connectivity index (χ1n) is 10.4. The zero-order valence-electron chi connectivity index (χ0n) is 18.1. The van der Waals surface area contributed by atoms with E-state index in [2.05, 4.69) is 20.2 Å². The molecule has 0 saturated carbocycles. The van der Waals surface area contributed by atoms with Crippen LogP contribution in [0.1, 0.15) is 18.0 Å². The molecule has 0 bridgehead atoms. The normalized spacial score (nSPS) is 12.1. The average molecular weight is 456 g/mol. The lowest BCUT2D eigenvalue weighted by molar-refractivity contribution is 0.415. The van der Waals surface area contributed by atoms with E-state index in [4.69, 9.17) is 4.74 Å². The number of nitrogens with zero attached hydrogens (tertiary/aromatic N) is 4. The lowest BCUT2D eigenvalue weighted by atomic mass is 10.2. The Morgan fingerprint density at radius 2 is 1.76 bits per heavy atom. The Kier molecular flexibility index (Phi) is 5.66. The summed E-state index contributed by atoms with van der Waals surface area (Å²) in [5, 5.41) is 10.1. The molecule has 0 aliphatic rings. The van der Waals surface area contributed by atoms with Crippen LogP contribution < -0.4 is 10.3 Å². The summed E-state index contributed by atoms with van der Waals surface area (Å²) in [6.07, 6.45) is 0. The first-order valence-corrected chi connectivity index (χ1v) is 11.3. The van der Waals surface area contributed by atoms with E-state index in [1.54, 1.807) is 13.2 Å². The minimum absolute atomic E-state index is 0.148. The van der Waals surface area contributed by atoms with Crippen LogP contribution in [0.2, 0.25) is 0 Å². The summed E-state index contributed by atoms with van der Waals surface area (Å²) < 4.78 is 7.40. The number of fused-ring (bicyclic) bond motifs is 1. The van der Waals surface area contributed by atoms with Gasteiger partial charge in [-0.05, 0) is 43.3 Å². The smallest absolute Gasteiger partial charge is 0.258 e. The zero-order valence-corrected chi connectivity index (χ0v) is 18.9. The standard InChI is InChI=1S/C25H21N5O2S/c1-16(22-26-21-14-7-6-13-20(21)24(31)27-22)33-25-29-28-23(17-9-8-12-19(15-17)32-2)30(25)18-10-4-3-5-11-18/h3-16H,1-2H3,(H,26,27,31). The van der Waals surface area contributed by atoms with Gasteiger partial charge in [0, 0.05) is 11.3 Å². The highest BCUT2D eigenvalue weighted by atomic mass is 32.2. The number of para-hydroxylation sites is 2. The fourth-order valence-corrected chi connectivity index (χ4v) is 4.54. The molecule has 0 aliphatic heterocycles. The van der Waals surface area contributed by atoms with E-state index in [1.165, 1.54) is 11.8 Å². The van der Waals surface area contributed by atoms with Crippen molar-refractivity contribution in [1.82, 2.24) is 24.7 Å². The third kappa shape index (κ3) is 4.12. The van der Waals surface area contributed by atoms with Gasteiger partial charge in [-0.3, -0.25) is 9.36 Å². The van der Waals surface area contributed by atoms with Gasteiger partial charge in [-0.15, -0.1) is 10.2 Å². The van der Waals surface area contributed by atoms with Gasteiger partial charge in [0.1, 0.15) is 11.6 Å². The molecular weight excluding hydrogens is 434 g/mol. The Balaban J connectivity index is 1.57. The predicted octanol–water partition coefficient (Wildman–Crippen LogP) is 5.03. The summed E-state index contributed by atoms with van der Waals surface area (Å²) >= 11 is 1.49. The second-order valence-corrected chi connectivity index (χ2v) is 8.75. The van der Waals surface area contributed by atoms with Crippen LogP contribution in [-0.4, -0.2) is 31.8 Å². The van der Waals surface area contributed by atoms with Crippen molar-refractivity contribution in [3.63, 3.8) is 0 Å². The second-order valence-electron chi connectivity index (χ2n) is 7.44. The highest BCUT2D eigenvalue weighted by molar-refractivity contribution is 7.99. The van der Waals surface area contributed by atoms with E-state index >= 15 is 0 Å². The van der Waals surface area contributed by atoms with Gasteiger partial charge < -0.3 is 9.72 Å². The van der Waals surface area contributed by atoms with Crippen molar-refractivity contribution in [2.75, 3.05) is 7.11 Å². The molecule has 0 aliphatic carbocycles. The van der Waals surface area contributed by atoms with Crippen molar-refractivity contribution in [1.29, 1.82) is 0 Å². The minimum atomic E-state index is -0.160. The molecule has 1 atom stereocenters. The molecule has 7 nitrogen and oxygen atoms in total. The summed E-state index contributed by atoms with van der Waals surface area (Å²) in [4.78, 5) is 20.1. The van der Waals surface area contributed by atoms with Crippen molar-refractivity contribution in [2.45, 2.75) is 17.3 Å². The summed E-state index contributed by atoms with van der Waals surface area (Å²) in [7, 11) is 1.64. The molecule has 3 aromatic carbocycles. The van der Waals surface area contributed by atoms with Gasteiger partial charge in [-0.2, -0.15) is 0 Å². The maximum atomic E-state index is 12.5. The van der Waals surface area contributed by atoms with Crippen LogP contribution in [0.5, 0.6) is 5.75 Å². The number of methoxy groups -OCH3 is 1. The third-order valence-corrected chi connectivity index (χ3v) is 6.33. The molecule has 5 aromatic rings. The SMILES string of the molecule is COc1cccc(-c2nnc(SC(C)c3nc4ccccc4c(=O)[nH]3)n2-c2ccccc2)c1. The number of hydrogen-bond acceptors (Lipinski definition) is 6. The second kappa shape index (κ2) is 8.91. The van der Waals surface area contributed by atoms with E-state index in [1.807, 2.05) is 84.3 Å². The van der Waals surface area contributed by atoms with Crippen molar-refractivity contribution >= 4 is 22.7 Å². The molecule has 1 unspecified atom stereocenters. The van der Waals surface area contributed by atoms with Crippen LogP contribution in [-0.2, 0) is 0 Å². The van der Waals surface area contributed by atoms with Crippen molar-refractivity contribution < 1.29 is 4.74 Å². The van der Waals surface area contributed by atoms with Crippen LogP contribution in [0, 0.1) is 0 Å². The number of aromatic nitrogens is 5. The van der Waals surface area contributed by atoms with E-state index in [0.29, 0.717) is 27.7 Å². The zero-order chi connectivity index (χ0) is 22.8. The lowest BCUT2D eigenvalue weighted by Gasteiger charge is -2.14. The van der Waals surface area contributed by atoms with Gasteiger partial charge in [0.25, 0.3) is 5.56 Å². The van der Waals surface area contributed by atoms with Gasteiger partial charge in [-0.1, -0.05) is 54.2 Å². The van der Waals surface area contributed by atoms with E-state index in [-0.39, 0.29) is 10.8 Å². The van der Waals surface area contributed by atoms with Gasteiger partial charge in [-0.25, -0.2) is 4.98 Å². The van der Waals surface area contributed by atoms with Crippen LogP contribution in [0.4, 0.5) is 0 Å². The van der Waals surface area contributed by atoms with Crippen molar-refractivity contribution in [3.05, 3.63) is 95.0 Å². The number of ether oxygens (including phenoxy) is 1. The molecule has 0 amide bonds. The molecule has 2 heterocycles. The average Bonchev–Trinajstić information content (AvgIpc) is 3.28. The number of hydrogen-bond donors (Lipinski definition) is 1. The molecular formula is C25H21N5O2S. The fourth-order valence-electron chi connectivity index (χ4n) is 3.62. The molecule has 33 heavy (non-hydrogen) atoms. The van der Waals surface area contributed by atoms with E-state index in [0.717, 1.165) is 17.0 Å². The largest absolute Gasteiger partial charge is 0.497 e. The summed E-state index contributed by atoms with van der Waals surface area (Å²) in [6, 6.07) is 25.0. The van der Waals surface area contributed by atoms with E-state index in [9.17, 15) is 4.79 Å². The minimum Gasteiger partial charge on any atom is -0.497 e. The van der Waals surface area contributed by atoms with Crippen LogP contribution in [0.3, 0.4) is 0 Å². The number of nitrogens with one attached hydrogen (secondary N) is 1. The topological polar surface area (TPSA) is 85.7 Å². The predicted molar refractivity (Wildman–Crippen MR) is 130 cm³/mol. The number of H-pyrrole nitrogens is 1. The maximum absolute atomic E-state index is 12.5.